The maximum absolute atomic E-state index is 5.65. The van der Waals surface area contributed by atoms with E-state index in [0.717, 1.165) is 40.5 Å². The van der Waals surface area contributed by atoms with Gasteiger partial charge in [-0.2, -0.15) is 0 Å². The fraction of sp³-hybridized carbons (Fsp3) is 0.182. The normalized spacial score (nSPS) is 10.1. The first-order valence-corrected chi connectivity index (χ1v) is 8.54. The molecule has 0 saturated carbocycles. The summed E-state index contributed by atoms with van der Waals surface area (Å²) in [6, 6.07) is 17.7. The van der Waals surface area contributed by atoms with Crippen molar-refractivity contribution < 1.29 is 4.74 Å². The van der Waals surface area contributed by atoms with Crippen LogP contribution in [-0.2, 0) is 0 Å². The lowest BCUT2D eigenvalue weighted by molar-refractivity contribution is 0.318. The average molecular weight is 343 g/mol. The lowest BCUT2D eigenvalue weighted by Gasteiger charge is -2.07. The molecule has 130 valence electrons. The predicted octanol–water partition coefficient (Wildman–Crippen LogP) is 3.45. The molecule has 2 heterocycles. The molecule has 0 saturated heterocycles. The molecule has 0 aliphatic rings. The van der Waals surface area contributed by atoms with Crippen molar-refractivity contribution in [3.05, 3.63) is 77.7 Å². The minimum atomic E-state index is 0.645. The van der Waals surface area contributed by atoms with Crippen molar-refractivity contribution in [1.82, 2.24) is 15.3 Å². The van der Waals surface area contributed by atoms with Gasteiger partial charge in [-0.1, -0.05) is 12.0 Å². The molecule has 1 aromatic carbocycles. The van der Waals surface area contributed by atoms with Crippen LogP contribution >= 0.6 is 0 Å². The van der Waals surface area contributed by atoms with Crippen LogP contribution < -0.4 is 10.1 Å². The highest BCUT2D eigenvalue weighted by Gasteiger charge is 2.01. The molecule has 1 N–H and O–H groups in total. The zero-order valence-electron chi connectivity index (χ0n) is 15.0. The molecule has 3 rings (SSSR count). The average Bonchev–Trinajstić information content (AvgIpc) is 2.67. The number of hydrogen-bond acceptors (Lipinski definition) is 4. The smallest absolute Gasteiger partial charge is 0.119 e. The van der Waals surface area contributed by atoms with Crippen LogP contribution in [0, 0.1) is 18.8 Å². The van der Waals surface area contributed by atoms with E-state index in [1.807, 2.05) is 68.6 Å². The highest BCUT2D eigenvalue weighted by Crippen LogP contribution is 2.21. The van der Waals surface area contributed by atoms with Gasteiger partial charge >= 0.3 is 0 Å². The highest BCUT2D eigenvalue weighted by molar-refractivity contribution is 5.62. The van der Waals surface area contributed by atoms with E-state index >= 15 is 0 Å². The number of rotatable bonds is 5. The van der Waals surface area contributed by atoms with Crippen LogP contribution in [0.15, 0.2) is 60.8 Å². The fourth-order valence-corrected chi connectivity index (χ4v) is 2.41. The molecule has 0 fully saturated rings. The minimum absolute atomic E-state index is 0.645. The molecular weight excluding hydrogens is 322 g/mol. The Morgan fingerprint density at radius 1 is 1.04 bits per heavy atom. The van der Waals surface area contributed by atoms with Gasteiger partial charge < -0.3 is 10.1 Å². The number of benzene rings is 1. The summed E-state index contributed by atoms with van der Waals surface area (Å²) in [4.78, 5) is 8.85. The topological polar surface area (TPSA) is 47.0 Å². The van der Waals surface area contributed by atoms with Gasteiger partial charge in [0.2, 0.25) is 0 Å². The third kappa shape index (κ3) is 4.92. The van der Waals surface area contributed by atoms with Crippen LogP contribution in [0.5, 0.6) is 5.75 Å². The first-order valence-electron chi connectivity index (χ1n) is 8.54. The van der Waals surface area contributed by atoms with E-state index in [1.165, 1.54) is 0 Å². The second-order valence-corrected chi connectivity index (χ2v) is 5.82. The summed E-state index contributed by atoms with van der Waals surface area (Å²) in [7, 11) is 1.91. The van der Waals surface area contributed by atoms with Crippen molar-refractivity contribution in [2.45, 2.75) is 6.92 Å². The third-order valence-electron chi connectivity index (χ3n) is 3.75. The van der Waals surface area contributed by atoms with Crippen molar-refractivity contribution in [2.75, 3.05) is 20.2 Å². The summed E-state index contributed by atoms with van der Waals surface area (Å²) in [5.41, 5.74) is 4.56. The number of nitrogens with zero attached hydrogens (tertiary/aromatic N) is 2. The maximum atomic E-state index is 5.65. The number of aryl methyl sites for hydroxylation is 1. The molecule has 26 heavy (non-hydrogen) atoms. The molecule has 0 aliphatic carbocycles. The van der Waals surface area contributed by atoms with E-state index in [4.69, 9.17) is 4.74 Å². The van der Waals surface area contributed by atoms with Crippen molar-refractivity contribution in [1.29, 1.82) is 0 Å². The van der Waals surface area contributed by atoms with E-state index in [9.17, 15) is 0 Å². The number of nitrogens with one attached hydrogen (secondary N) is 1. The Labute approximate surface area is 154 Å². The van der Waals surface area contributed by atoms with Gasteiger partial charge in [0, 0.05) is 29.6 Å². The quantitative estimate of drug-likeness (QED) is 0.569. The van der Waals surface area contributed by atoms with Crippen LogP contribution in [0.25, 0.3) is 11.3 Å². The van der Waals surface area contributed by atoms with Crippen molar-refractivity contribution in [3.63, 3.8) is 0 Å². The maximum Gasteiger partial charge on any atom is 0.119 e. The molecule has 0 bridgehead atoms. The van der Waals surface area contributed by atoms with Crippen molar-refractivity contribution in [2.24, 2.45) is 0 Å². The molecule has 0 unspecified atom stereocenters. The van der Waals surface area contributed by atoms with Gasteiger partial charge in [0.1, 0.15) is 18.1 Å². The van der Waals surface area contributed by atoms with E-state index in [0.29, 0.717) is 6.61 Å². The van der Waals surface area contributed by atoms with Crippen LogP contribution in [0.2, 0.25) is 0 Å². The summed E-state index contributed by atoms with van der Waals surface area (Å²) < 4.78 is 5.65. The van der Waals surface area contributed by atoms with Gasteiger partial charge in [-0.15, -0.1) is 0 Å². The molecule has 4 heteroatoms. The second-order valence-electron chi connectivity index (χ2n) is 5.82. The third-order valence-corrected chi connectivity index (χ3v) is 3.75. The van der Waals surface area contributed by atoms with Gasteiger partial charge in [0.25, 0.3) is 0 Å². The number of aromatic nitrogens is 2. The highest BCUT2D eigenvalue weighted by atomic mass is 16.5. The second kappa shape index (κ2) is 8.80. The lowest BCUT2D eigenvalue weighted by atomic mass is 10.1. The Balaban J connectivity index is 1.75. The standard InChI is InChI=1S/C22H21N3O/c1-17-4-3-5-20(25-17)9-6-18-12-13-24-22(16-18)19-7-10-21(11-8-19)26-15-14-23-2/h3-5,7-8,10-13,16,23H,14-15H2,1-2H3. The predicted molar refractivity (Wildman–Crippen MR) is 104 cm³/mol. The van der Waals surface area contributed by atoms with Crippen LogP contribution in [0.3, 0.4) is 0 Å². The lowest BCUT2D eigenvalue weighted by Crippen LogP contribution is -2.15. The molecule has 4 nitrogen and oxygen atoms in total. The molecule has 0 aliphatic heterocycles. The van der Waals surface area contributed by atoms with E-state index in [1.54, 1.807) is 6.20 Å². The molecule has 2 aromatic heterocycles. The van der Waals surface area contributed by atoms with E-state index < -0.39 is 0 Å². The monoisotopic (exact) mass is 343 g/mol. The van der Waals surface area contributed by atoms with Gasteiger partial charge in [0.15, 0.2) is 0 Å². The first-order chi connectivity index (χ1) is 12.7. The van der Waals surface area contributed by atoms with Gasteiger partial charge in [0.05, 0.1) is 5.69 Å². The summed E-state index contributed by atoms with van der Waals surface area (Å²) in [6.07, 6.45) is 1.78. The number of hydrogen-bond donors (Lipinski definition) is 1. The van der Waals surface area contributed by atoms with Crippen molar-refractivity contribution in [3.8, 4) is 28.8 Å². The summed E-state index contributed by atoms with van der Waals surface area (Å²) in [5.74, 6) is 7.12. The Hall–Kier alpha value is -3.16. The van der Waals surface area contributed by atoms with Crippen LogP contribution in [-0.4, -0.2) is 30.2 Å². The van der Waals surface area contributed by atoms with Crippen LogP contribution in [0.1, 0.15) is 17.0 Å². The Kier molecular flexibility index (Phi) is 5.97. The SMILES string of the molecule is CNCCOc1ccc(-c2cc(C#Cc3cccc(C)n3)ccn2)cc1. The number of likely N-dealkylation sites (N-methyl/N-ethyl adjacent to an activating group) is 1. The zero-order valence-corrected chi connectivity index (χ0v) is 15.0. The van der Waals surface area contributed by atoms with Gasteiger partial charge in [-0.25, -0.2) is 4.98 Å². The van der Waals surface area contributed by atoms with E-state index in [-0.39, 0.29) is 0 Å². The van der Waals surface area contributed by atoms with Crippen molar-refractivity contribution >= 4 is 0 Å². The minimum Gasteiger partial charge on any atom is -0.492 e. The van der Waals surface area contributed by atoms with E-state index in [2.05, 4.69) is 27.1 Å². The fourth-order valence-electron chi connectivity index (χ4n) is 2.41. The largest absolute Gasteiger partial charge is 0.492 e. The van der Waals surface area contributed by atoms with Crippen LogP contribution in [0.4, 0.5) is 0 Å². The Morgan fingerprint density at radius 3 is 2.65 bits per heavy atom. The Morgan fingerprint density at radius 2 is 1.88 bits per heavy atom. The molecule has 3 aromatic rings. The van der Waals surface area contributed by atoms with Gasteiger partial charge in [-0.05, 0) is 68.4 Å². The molecule has 0 atom stereocenters. The summed E-state index contributed by atoms with van der Waals surface area (Å²) in [6.45, 7) is 3.42. The molecule has 0 amide bonds. The summed E-state index contributed by atoms with van der Waals surface area (Å²) in [5, 5.41) is 3.06. The molecular formula is C22H21N3O. The Bertz CT molecular complexity index is 924. The van der Waals surface area contributed by atoms with Gasteiger partial charge in [-0.3, -0.25) is 4.98 Å². The zero-order chi connectivity index (χ0) is 18.2. The number of ether oxygens (including phenoxy) is 1. The molecule has 0 radical (unpaired) electrons. The molecule has 0 spiro atoms. The summed E-state index contributed by atoms with van der Waals surface area (Å²) >= 11 is 0. The first kappa shape index (κ1) is 17.7. The number of pyridine rings is 2.